The van der Waals surface area contributed by atoms with Crippen LogP contribution in [0.4, 0.5) is 5.13 Å². The first-order chi connectivity index (χ1) is 13.5. The zero-order valence-corrected chi connectivity index (χ0v) is 16.9. The molecule has 2 amide bonds. The summed E-state index contributed by atoms with van der Waals surface area (Å²) in [5.41, 5.74) is 1.39. The summed E-state index contributed by atoms with van der Waals surface area (Å²) in [6, 6.07) is 7.34. The minimum Gasteiger partial charge on any atom is -0.466 e. The van der Waals surface area contributed by atoms with E-state index in [0.29, 0.717) is 35.5 Å². The molecule has 2 aromatic rings. The summed E-state index contributed by atoms with van der Waals surface area (Å²) < 4.78 is 4.88. The average molecular weight is 422 g/mol. The molecule has 1 aliphatic rings. The lowest BCUT2D eigenvalue weighted by molar-refractivity contribution is -0.142. The van der Waals surface area contributed by atoms with Crippen LogP contribution < -0.4 is 5.32 Å². The maximum atomic E-state index is 12.5. The van der Waals surface area contributed by atoms with Crippen LogP contribution in [-0.2, 0) is 32.1 Å². The number of nitrogens with zero attached hydrogens (tertiary/aromatic N) is 2. The van der Waals surface area contributed by atoms with E-state index in [0.717, 1.165) is 5.56 Å². The van der Waals surface area contributed by atoms with E-state index in [1.54, 1.807) is 23.3 Å². The number of carbonyl (C=O) groups is 3. The van der Waals surface area contributed by atoms with Gasteiger partial charge in [0.25, 0.3) is 0 Å². The number of hydrogen-bond acceptors (Lipinski definition) is 6. The fraction of sp³-hybridized carbons (Fsp3) is 0.368. The third-order valence-electron chi connectivity index (χ3n) is 4.32. The zero-order chi connectivity index (χ0) is 20.1. The minimum atomic E-state index is -0.451. The Labute approximate surface area is 171 Å². The van der Waals surface area contributed by atoms with Gasteiger partial charge in [0.05, 0.1) is 24.6 Å². The summed E-state index contributed by atoms with van der Waals surface area (Å²) in [5.74, 6) is -1.15. The second-order valence-corrected chi connectivity index (χ2v) is 7.65. The highest BCUT2D eigenvalue weighted by Crippen LogP contribution is 2.25. The first-order valence-electron chi connectivity index (χ1n) is 8.88. The predicted molar refractivity (Wildman–Crippen MR) is 106 cm³/mol. The number of hydrogen-bond donors (Lipinski definition) is 1. The van der Waals surface area contributed by atoms with Crippen molar-refractivity contribution in [2.24, 2.45) is 5.92 Å². The maximum Gasteiger partial charge on any atom is 0.311 e. The van der Waals surface area contributed by atoms with Crippen molar-refractivity contribution in [1.82, 2.24) is 9.88 Å². The van der Waals surface area contributed by atoms with Crippen LogP contribution in [0.2, 0.25) is 5.02 Å². The van der Waals surface area contributed by atoms with Crippen molar-refractivity contribution < 1.29 is 19.1 Å². The van der Waals surface area contributed by atoms with Gasteiger partial charge in [-0.2, -0.15) is 0 Å². The molecule has 1 aromatic carbocycles. The number of thiazole rings is 1. The molecule has 9 heteroatoms. The molecule has 1 unspecified atom stereocenters. The first kappa shape index (κ1) is 20.3. The Morgan fingerprint density at radius 3 is 2.93 bits per heavy atom. The van der Waals surface area contributed by atoms with Gasteiger partial charge in [0.1, 0.15) is 0 Å². The summed E-state index contributed by atoms with van der Waals surface area (Å²) in [7, 11) is 0. The SMILES string of the molecule is CCOC(=O)Cc1csc(NC(=O)C2CC(=O)N(Cc3ccccc3Cl)C2)n1. The summed E-state index contributed by atoms with van der Waals surface area (Å²) in [5, 5.41) is 5.44. The van der Waals surface area contributed by atoms with Gasteiger partial charge in [-0.25, -0.2) is 4.98 Å². The van der Waals surface area contributed by atoms with Gasteiger partial charge < -0.3 is 15.0 Å². The number of nitrogens with one attached hydrogen (secondary N) is 1. The van der Waals surface area contributed by atoms with Crippen molar-refractivity contribution in [3.63, 3.8) is 0 Å². The van der Waals surface area contributed by atoms with Crippen LogP contribution in [0.25, 0.3) is 0 Å². The Bertz CT molecular complexity index is 886. The minimum absolute atomic E-state index is 0.0632. The molecule has 0 bridgehead atoms. The molecule has 148 valence electrons. The van der Waals surface area contributed by atoms with Crippen LogP contribution in [0, 0.1) is 5.92 Å². The number of ether oxygens (including phenoxy) is 1. The van der Waals surface area contributed by atoms with E-state index < -0.39 is 5.92 Å². The van der Waals surface area contributed by atoms with E-state index in [4.69, 9.17) is 16.3 Å². The van der Waals surface area contributed by atoms with Crippen LogP contribution in [0.1, 0.15) is 24.6 Å². The van der Waals surface area contributed by atoms with Crippen molar-refractivity contribution in [3.05, 3.63) is 45.9 Å². The summed E-state index contributed by atoms with van der Waals surface area (Å²) in [6.45, 7) is 2.76. The molecule has 3 rings (SSSR count). The van der Waals surface area contributed by atoms with Gasteiger partial charge >= 0.3 is 5.97 Å². The second-order valence-electron chi connectivity index (χ2n) is 6.38. The van der Waals surface area contributed by atoms with Crippen molar-refractivity contribution >= 4 is 45.9 Å². The zero-order valence-electron chi connectivity index (χ0n) is 15.3. The number of aromatic nitrogens is 1. The van der Waals surface area contributed by atoms with E-state index in [-0.39, 0.29) is 30.6 Å². The number of amides is 2. The van der Waals surface area contributed by atoms with Gasteiger partial charge in [0.15, 0.2) is 5.13 Å². The lowest BCUT2D eigenvalue weighted by atomic mass is 10.1. The molecule has 2 heterocycles. The third-order valence-corrected chi connectivity index (χ3v) is 5.49. The van der Waals surface area contributed by atoms with Gasteiger partial charge in [0.2, 0.25) is 11.8 Å². The molecule has 28 heavy (non-hydrogen) atoms. The number of carbonyl (C=O) groups excluding carboxylic acids is 3. The molecule has 0 radical (unpaired) electrons. The number of anilines is 1. The topological polar surface area (TPSA) is 88.6 Å². The number of likely N-dealkylation sites (tertiary alicyclic amines) is 1. The van der Waals surface area contributed by atoms with Crippen molar-refractivity contribution in [2.45, 2.75) is 26.3 Å². The molecule has 1 aliphatic heterocycles. The first-order valence-corrected chi connectivity index (χ1v) is 10.1. The Hall–Kier alpha value is -2.45. The lowest BCUT2D eigenvalue weighted by Crippen LogP contribution is -2.28. The number of benzene rings is 1. The van der Waals surface area contributed by atoms with Gasteiger partial charge in [-0.05, 0) is 18.6 Å². The largest absolute Gasteiger partial charge is 0.466 e. The van der Waals surface area contributed by atoms with Crippen LogP contribution in [0.3, 0.4) is 0 Å². The fourth-order valence-corrected chi connectivity index (χ4v) is 3.85. The number of halogens is 1. The van der Waals surface area contributed by atoms with Crippen LogP contribution in [0.15, 0.2) is 29.6 Å². The van der Waals surface area contributed by atoms with E-state index in [9.17, 15) is 14.4 Å². The maximum absolute atomic E-state index is 12.5. The quantitative estimate of drug-likeness (QED) is 0.694. The Morgan fingerprint density at radius 1 is 1.39 bits per heavy atom. The molecular weight excluding hydrogens is 402 g/mol. The van der Waals surface area contributed by atoms with Crippen LogP contribution in [0.5, 0.6) is 0 Å². The van der Waals surface area contributed by atoms with E-state index in [1.807, 2.05) is 18.2 Å². The highest BCUT2D eigenvalue weighted by molar-refractivity contribution is 7.13. The van der Waals surface area contributed by atoms with E-state index in [2.05, 4.69) is 10.3 Å². The molecular formula is C19H20ClN3O4S. The van der Waals surface area contributed by atoms with E-state index in [1.165, 1.54) is 11.3 Å². The summed E-state index contributed by atoms with van der Waals surface area (Å²) >= 11 is 7.39. The van der Waals surface area contributed by atoms with Gasteiger partial charge in [-0.15, -0.1) is 11.3 Å². The molecule has 1 N–H and O–H groups in total. The summed E-state index contributed by atoms with van der Waals surface area (Å²) in [6.07, 6.45) is 0.213. The molecule has 1 atom stereocenters. The monoisotopic (exact) mass is 421 g/mol. The Balaban J connectivity index is 1.55. The van der Waals surface area contributed by atoms with Gasteiger partial charge in [-0.3, -0.25) is 14.4 Å². The van der Waals surface area contributed by atoms with Crippen LogP contribution >= 0.6 is 22.9 Å². The standard InChI is InChI=1S/C19H20ClN3O4S/c1-2-27-17(25)8-14-11-28-19(21-14)22-18(26)13-7-16(24)23(10-13)9-12-5-3-4-6-15(12)20/h3-6,11,13H,2,7-10H2,1H3,(H,21,22,26). The lowest BCUT2D eigenvalue weighted by Gasteiger charge is -2.17. The van der Waals surface area contributed by atoms with E-state index >= 15 is 0 Å². The normalized spacial score (nSPS) is 16.3. The Kier molecular flexibility index (Phi) is 6.64. The fourth-order valence-electron chi connectivity index (χ4n) is 2.95. The molecule has 0 saturated carbocycles. The third kappa shape index (κ3) is 5.08. The molecule has 1 saturated heterocycles. The van der Waals surface area contributed by atoms with Crippen molar-refractivity contribution in [1.29, 1.82) is 0 Å². The molecule has 1 aromatic heterocycles. The number of rotatable bonds is 7. The predicted octanol–water partition coefficient (Wildman–Crippen LogP) is 2.89. The molecule has 0 aliphatic carbocycles. The van der Waals surface area contributed by atoms with Crippen molar-refractivity contribution in [3.8, 4) is 0 Å². The molecule has 1 fully saturated rings. The van der Waals surface area contributed by atoms with Crippen molar-refractivity contribution in [2.75, 3.05) is 18.5 Å². The van der Waals surface area contributed by atoms with Crippen LogP contribution in [-0.4, -0.2) is 40.8 Å². The smallest absolute Gasteiger partial charge is 0.311 e. The van der Waals surface area contributed by atoms with Gasteiger partial charge in [0, 0.05) is 29.9 Å². The second kappa shape index (κ2) is 9.16. The Morgan fingerprint density at radius 2 is 2.18 bits per heavy atom. The average Bonchev–Trinajstić information content (AvgIpc) is 3.24. The van der Waals surface area contributed by atoms with Gasteiger partial charge in [-0.1, -0.05) is 29.8 Å². The molecule has 7 nitrogen and oxygen atoms in total. The molecule has 0 spiro atoms. The highest BCUT2D eigenvalue weighted by atomic mass is 35.5. The number of esters is 1. The summed E-state index contributed by atoms with van der Waals surface area (Å²) in [4.78, 5) is 42.2. The highest BCUT2D eigenvalue weighted by Gasteiger charge is 2.34.